The summed E-state index contributed by atoms with van der Waals surface area (Å²) in [4.78, 5) is 2.84. The molecule has 0 aromatic heterocycles. The maximum absolute atomic E-state index is 8.27. The zero-order valence-electron chi connectivity index (χ0n) is 8.45. The van der Waals surface area contributed by atoms with Crippen LogP contribution in [-0.2, 0) is 0 Å². The largest absolute Gasteiger partial charge is 0.0937 e. The lowest BCUT2D eigenvalue weighted by atomic mass is 9.79. The molecule has 0 radical (unpaired) electrons. The van der Waals surface area contributed by atoms with E-state index in [1.54, 1.807) is 0 Å². The van der Waals surface area contributed by atoms with Crippen LogP contribution in [0.4, 0.5) is 0 Å². The molecule has 3 heteroatoms. The first-order valence-corrected chi connectivity index (χ1v) is 5.39. The van der Waals surface area contributed by atoms with E-state index in [0.717, 1.165) is 12.3 Å². The maximum Gasteiger partial charge on any atom is 0.0288 e. The molecule has 1 rings (SSSR count). The van der Waals surface area contributed by atoms with E-state index in [-0.39, 0.29) is 0 Å². The number of hydrogen-bond donors (Lipinski definition) is 0. The van der Waals surface area contributed by atoms with Crippen LogP contribution in [0.5, 0.6) is 0 Å². The molecule has 0 amide bonds. The van der Waals surface area contributed by atoms with Gasteiger partial charge in [0.25, 0.3) is 0 Å². The van der Waals surface area contributed by atoms with Crippen molar-refractivity contribution in [1.29, 1.82) is 0 Å². The van der Waals surface area contributed by atoms with E-state index in [9.17, 15) is 0 Å². The molecular weight excluding hydrogens is 162 g/mol. The van der Waals surface area contributed by atoms with Crippen molar-refractivity contribution in [1.82, 2.24) is 0 Å². The molecule has 0 unspecified atom stereocenters. The Morgan fingerprint density at radius 3 is 2.62 bits per heavy atom. The summed E-state index contributed by atoms with van der Waals surface area (Å²) >= 11 is 0. The number of hydrogen-bond acceptors (Lipinski definition) is 1. The SMILES string of the molecule is CC[C@H](CN=[N+]=[N-])C1CCCCC1. The zero-order valence-corrected chi connectivity index (χ0v) is 8.45. The zero-order chi connectivity index (χ0) is 9.52. The third-order valence-electron chi connectivity index (χ3n) is 3.22. The molecule has 0 saturated heterocycles. The van der Waals surface area contributed by atoms with Crippen LogP contribution in [0, 0.1) is 11.8 Å². The lowest BCUT2D eigenvalue weighted by Gasteiger charge is -2.28. The normalized spacial score (nSPS) is 20.7. The van der Waals surface area contributed by atoms with Gasteiger partial charge < -0.3 is 0 Å². The van der Waals surface area contributed by atoms with Gasteiger partial charge in [-0.15, -0.1) is 0 Å². The van der Waals surface area contributed by atoms with Crippen molar-refractivity contribution in [2.24, 2.45) is 17.0 Å². The summed E-state index contributed by atoms with van der Waals surface area (Å²) in [5, 5.41) is 3.70. The Balaban J connectivity index is 2.38. The molecule has 13 heavy (non-hydrogen) atoms. The molecule has 1 atom stereocenters. The molecular formula is C10H19N3. The van der Waals surface area contributed by atoms with Crippen LogP contribution < -0.4 is 0 Å². The fourth-order valence-electron chi connectivity index (χ4n) is 2.36. The highest BCUT2D eigenvalue weighted by Gasteiger charge is 2.21. The minimum Gasteiger partial charge on any atom is -0.0937 e. The van der Waals surface area contributed by atoms with Gasteiger partial charge in [0.2, 0.25) is 0 Å². The Morgan fingerprint density at radius 1 is 1.38 bits per heavy atom. The number of nitrogens with zero attached hydrogens (tertiary/aromatic N) is 3. The summed E-state index contributed by atoms with van der Waals surface area (Å²) < 4.78 is 0. The monoisotopic (exact) mass is 181 g/mol. The van der Waals surface area contributed by atoms with Crippen LogP contribution >= 0.6 is 0 Å². The van der Waals surface area contributed by atoms with Gasteiger partial charge in [-0.25, -0.2) is 0 Å². The summed E-state index contributed by atoms with van der Waals surface area (Å²) in [5.41, 5.74) is 8.27. The number of azide groups is 1. The van der Waals surface area contributed by atoms with Crippen LogP contribution in [0.2, 0.25) is 0 Å². The molecule has 1 aliphatic rings. The Bertz CT molecular complexity index is 179. The van der Waals surface area contributed by atoms with Crippen molar-refractivity contribution in [2.45, 2.75) is 45.4 Å². The molecule has 0 aromatic rings. The van der Waals surface area contributed by atoms with Gasteiger partial charge in [0.15, 0.2) is 0 Å². The lowest BCUT2D eigenvalue weighted by molar-refractivity contribution is 0.247. The summed E-state index contributed by atoms with van der Waals surface area (Å²) in [6.07, 6.45) is 7.99. The van der Waals surface area contributed by atoms with Gasteiger partial charge in [-0.2, -0.15) is 0 Å². The first kappa shape index (κ1) is 10.4. The highest BCUT2D eigenvalue weighted by molar-refractivity contribution is 4.74. The average Bonchev–Trinajstić information content (AvgIpc) is 2.21. The van der Waals surface area contributed by atoms with Crippen LogP contribution in [-0.4, -0.2) is 6.54 Å². The van der Waals surface area contributed by atoms with Crippen molar-refractivity contribution in [3.8, 4) is 0 Å². The molecule has 3 nitrogen and oxygen atoms in total. The van der Waals surface area contributed by atoms with E-state index >= 15 is 0 Å². The predicted octanol–water partition coefficient (Wildman–Crippen LogP) is 3.90. The van der Waals surface area contributed by atoms with E-state index in [1.165, 1.54) is 32.1 Å². The van der Waals surface area contributed by atoms with Crippen LogP contribution in [0.3, 0.4) is 0 Å². The number of rotatable bonds is 4. The van der Waals surface area contributed by atoms with E-state index in [2.05, 4.69) is 16.9 Å². The Hall–Kier alpha value is -0.690. The average molecular weight is 181 g/mol. The molecule has 74 valence electrons. The van der Waals surface area contributed by atoms with Crippen LogP contribution in [0.25, 0.3) is 10.4 Å². The van der Waals surface area contributed by atoms with Gasteiger partial charge in [0.05, 0.1) is 0 Å². The van der Waals surface area contributed by atoms with Crippen molar-refractivity contribution in [3.05, 3.63) is 10.4 Å². The third kappa shape index (κ3) is 3.27. The fraction of sp³-hybridized carbons (Fsp3) is 1.00. The molecule has 0 aromatic carbocycles. The predicted molar refractivity (Wildman–Crippen MR) is 54.4 cm³/mol. The van der Waals surface area contributed by atoms with Crippen molar-refractivity contribution >= 4 is 0 Å². The summed E-state index contributed by atoms with van der Waals surface area (Å²) in [7, 11) is 0. The van der Waals surface area contributed by atoms with Gasteiger partial charge in [-0.3, -0.25) is 0 Å². The molecule has 0 aliphatic heterocycles. The molecule has 0 N–H and O–H groups in total. The Morgan fingerprint density at radius 2 is 2.08 bits per heavy atom. The summed E-state index contributed by atoms with van der Waals surface area (Å²) in [6, 6.07) is 0. The van der Waals surface area contributed by atoms with Crippen molar-refractivity contribution in [2.75, 3.05) is 6.54 Å². The second kappa shape index (κ2) is 5.87. The van der Waals surface area contributed by atoms with Gasteiger partial charge in [0, 0.05) is 11.5 Å². The summed E-state index contributed by atoms with van der Waals surface area (Å²) in [5.74, 6) is 1.46. The van der Waals surface area contributed by atoms with E-state index < -0.39 is 0 Å². The van der Waals surface area contributed by atoms with E-state index in [0.29, 0.717) is 12.5 Å². The molecule has 1 saturated carbocycles. The van der Waals surface area contributed by atoms with E-state index in [4.69, 9.17) is 5.53 Å². The Kier molecular flexibility index (Phi) is 4.69. The maximum atomic E-state index is 8.27. The standard InChI is InChI=1S/C10H19N3/c1-2-9(8-12-13-11)10-6-4-3-5-7-10/h9-10H,2-8H2,1H3/t9-/m1/s1. The molecule has 0 heterocycles. The van der Waals surface area contributed by atoms with Gasteiger partial charge in [-0.1, -0.05) is 50.6 Å². The second-order valence-electron chi connectivity index (χ2n) is 3.98. The third-order valence-corrected chi connectivity index (χ3v) is 3.22. The summed E-state index contributed by atoms with van der Waals surface area (Å²) in [6.45, 7) is 2.91. The highest BCUT2D eigenvalue weighted by atomic mass is 15.1. The van der Waals surface area contributed by atoms with Gasteiger partial charge in [-0.05, 0) is 17.4 Å². The first-order valence-electron chi connectivity index (χ1n) is 5.39. The van der Waals surface area contributed by atoms with Crippen molar-refractivity contribution < 1.29 is 0 Å². The molecule has 1 fully saturated rings. The quantitative estimate of drug-likeness (QED) is 0.359. The molecule has 0 bridgehead atoms. The smallest absolute Gasteiger partial charge is 0.0288 e. The van der Waals surface area contributed by atoms with Gasteiger partial charge >= 0.3 is 0 Å². The van der Waals surface area contributed by atoms with Crippen LogP contribution in [0.1, 0.15) is 45.4 Å². The minimum absolute atomic E-state index is 0.635. The minimum atomic E-state index is 0.635. The molecule has 0 spiro atoms. The van der Waals surface area contributed by atoms with Crippen molar-refractivity contribution in [3.63, 3.8) is 0 Å². The highest BCUT2D eigenvalue weighted by Crippen LogP contribution is 2.31. The first-order chi connectivity index (χ1) is 6.38. The Labute approximate surface area is 80.2 Å². The topological polar surface area (TPSA) is 48.8 Å². The van der Waals surface area contributed by atoms with E-state index in [1.807, 2.05) is 0 Å². The van der Waals surface area contributed by atoms with Gasteiger partial charge in [0.1, 0.15) is 0 Å². The lowest BCUT2D eigenvalue weighted by Crippen LogP contribution is -2.19. The van der Waals surface area contributed by atoms with Crippen LogP contribution in [0.15, 0.2) is 5.11 Å². The second-order valence-corrected chi connectivity index (χ2v) is 3.98. The fourth-order valence-corrected chi connectivity index (χ4v) is 2.36. The molecule has 1 aliphatic carbocycles.